The fourth-order valence-electron chi connectivity index (χ4n) is 4.01. The predicted octanol–water partition coefficient (Wildman–Crippen LogP) is 4.06. The number of β-amino-alcohol motifs (C(OH)–C–C–N with tert-alkyl or cyclic N) is 1. The molecular weight excluding hydrogens is 348 g/mol. The summed E-state index contributed by atoms with van der Waals surface area (Å²) in [4.78, 5) is 7.10. The van der Waals surface area contributed by atoms with Gasteiger partial charge in [0, 0.05) is 36.6 Å². The van der Waals surface area contributed by atoms with Gasteiger partial charge in [-0.15, -0.1) is 0 Å². The standard InChI is InChI=1S/C24H28N2O2/c1-17(2)28-22-8-5-6-18(12-22)14-26-15-20(24(27)16-26)13-21-11-10-19-7-3-4-9-23(19)25-21/h3-12,17,20,24,27H,13-16H2,1-2H3/t20-,24-/m1/s1. The van der Waals surface area contributed by atoms with E-state index >= 15 is 0 Å². The van der Waals surface area contributed by atoms with Crippen LogP contribution in [0.25, 0.3) is 10.9 Å². The number of benzene rings is 2. The number of para-hydroxylation sites is 1. The average Bonchev–Trinajstić information content (AvgIpc) is 3.00. The van der Waals surface area contributed by atoms with Crippen LogP contribution in [0.1, 0.15) is 25.1 Å². The summed E-state index contributed by atoms with van der Waals surface area (Å²) < 4.78 is 5.80. The molecule has 4 nitrogen and oxygen atoms in total. The number of aliphatic hydroxyl groups is 1. The van der Waals surface area contributed by atoms with Gasteiger partial charge in [0.2, 0.25) is 0 Å². The largest absolute Gasteiger partial charge is 0.491 e. The van der Waals surface area contributed by atoms with Gasteiger partial charge in [-0.3, -0.25) is 9.88 Å². The van der Waals surface area contributed by atoms with Crippen LogP contribution in [0.5, 0.6) is 5.75 Å². The molecule has 1 aliphatic rings. The number of rotatable bonds is 6. The van der Waals surface area contributed by atoms with E-state index in [1.807, 2.05) is 44.2 Å². The Labute approximate surface area is 166 Å². The molecule has 1 aliphatic heterocycles. The highest BCUT2D eigenvalue weighted by molar-refractivity contribution is 5.78. The zero-order valence-electron chi connectivity index (χ0n) is 16.6. The van der Waals surface area contributed by atoms with Crippen LogP contribution < -0.4 is 4.74 Å². The Hall–Kier alpha value is -2.43. The van der Waals surface area contributed by atoms with Gasteiger partial charge in [-0.2, -0.15) is 0 Å². The van der Waals surface area contributed by atoms with Gasteiger partial charge in [-0.1, -0.05) is 36.4 Å². The average molecular weight is 377 g/mol. The third-order valence-electron chi connectivity index (χ3n) is 5.29. The minimum absolute atomic E-state index is 0.169. The third kappa shape index (κ3) is 4.51. The van der Waals surface area contributed by atoms with Crippen LogP contribution in [0, 0.1) is 5.92 Å². The molecule has 4 heteroatoms. The van der Waals surface area contributed by atoms with Crippen LogP contribution >= 0.6 is 0 Å². The lowest BCUT2D eigenvalue weighted by Gasteiger charge is -2.17. The minimum atomic E-state index is -0.316. The number of hydrogen-bond acceptors (Lipinski definition) is 4. The van der Waals surface area contributed by atoms with Crippen molar-refractivity contribution in [3.63, 3.8) is 0 Å². The molecule has 0 unspecified atom stereocenters. The fourth-order valence-corrected chi connectivity index (χ4v) is 4.01. The molecule has 0 spiro atoms. The maximum absolute atomic E-state index is 10.6. The van der Waals surface area contributed by atoms with E-state index in [9.17, 15) is 5.11 Å². The number of ether oxygens (including phenoxy) is 1. The first-order chi connectivity index (χ1) is 13.6. The first kappa shape index (κ1) is 18.9. The van der Waals surface area contributed by atoms with Crippen LogP contribution in [0.4, 0.5) is 0 Å². The molecule has 3 aromatic rings. The number of hydrogen-bond donors (Lipinski definition) is 1. The fraction of sp³-hybridized carbons (Fsp3) is 0.375. The summed E-state index contributed by atoms with van der Waals surface area (Å²) in [5.74, 6) is 1.12. The molecule has 2 atom stereocenters. The van der Waals surface area contributed by atoms with Gasteiger partial charge in [0.1, 0.15) is 5.75 Å². The Balaban J connectivity index is 1.40. The van der Waals surface area contributed by atoms with Crippen molar-refractivity contribution >= 4 is 10.9 Å². The number of nitrogens with zero attached hydrogens (tertiary/aromatic N) is 2. The van der Waals surface area contributed by atoms with E-state index in [2.05, 4.69) is 35.2 Å². The van der Waals surface area contributed by atoms with Gasteiger partial charge in [0.15, 0.2) is 0 Å². The molecule has 146 valence electrons. The first-order valence-corrected chi connectivity index (χ1v) is 10.1. The highest BCUT2D eigenvalue weighted by Gasteiger charge is 2.31. The predicted molar refractivity (Wildman–Crippen MR) is 112 cm³/mol. The molecule has 4 rings (SSSR count). The van der Waals surface area contributed by atoms with Crippen LogP contribution in [0.15, 0.2) is 60.7 Å². The molecule has 1 N–H and O–H groups in total. The summed E-state index contributed by atoms with van der Waals surface area (Å²) in [7, 11) is 0. The number of fused-ring (bicyclic) bond motifs is 1. The van der Waals surface area contributed by atoms with Crippen LogP contribution in [0.3, 0.4) is 0 Å². The van der Waals surface area contributed by atoms with Gasteiger partial charge in [-0.05, 0) is 50.1 Å². The zero-order valence-corrected chi connectivity index (χ0v) is 16.6. The van der Waals surface area contributed by atoms with Crippen LogP contribution in [-0.4, -0.2) is 40.3 Å². The molecule has 2 aromatic carbocycles. The van der Waals surface area contributed by atoms with Crippen molar-refractivity contribution in [3.05, 3.63) is 71.9 Å². The summed E-state index contributed by atoms with van der Waals surface area (Å²) in [5, 5.41) is 11.7. The summed E-state index contributed by atoms with van der Waals surface area (Å²) in [6, 6.07) is 20.6. The normalized spacial score (nSPS) is 20.1. The van der Waals surface area contributed by atoms with Gasteiger partial charge in [0.05, 0.1) is 17.7 Å². The zero-order chi connectivity index (χ0) is 19.5. The Morgan fingerprint density at radius 2 is 1.93 bits per heavy atom. The van der Waals surface area contributed by atoms with Gasteiger partial charge >= 0.3 is 0 Å². The van der Waals surface area contributed by atoms with E-state index in [0.29, 0.717) is 6.54 Å². The lowest BCUT2D eigenvalue weighted by Crippen LogP contribution is -2.21. The Morgan fingerprint density at radius 1 is 1.07 bits per heavy atom. The molecule has 0 radical (unpaired) electrons. The van der Waals surface area contributed by atoms with E-state index in [0.717, 1.165) is 41.9 Å². The highest BCUT2D eigenvalue weighted by Crippen LogP contribution is 2.25. The van der Waals surface area contributed by atoms with Crippen molar-refractivity contribution in [1.82, 2.24) is 9.88 Å². The molecule has 1 saturated heterocycles. The van der Waals surface area contributed by atoms with E-state index in [4.69, 9.17) is 9.72 Å². The molecule has 0 aliphatic carbocycles. The van der Waals surface area contributed by atoms with Crippen molar-refractivity contribution in [1.29, 1.82) is 0 Å². The summed E-state index contributed by atoms with van der Waals surface area (Å²) in [6.45, 7) is 6.48. The number of aliphatic hydroxyl groups excluding tert-OH is 1. The lowest BCUT2D eigenvalue weighted by molar-refractivity contribution is 0.140. The second-order valence-corrected chi connectivity index (χ2v) is 8.03. The molecule has 0 amide bonds. The van der Waals surface area contributed by atoms with Gasteiger partial charge in [0.25, 0.3) is 0 Å². The van der Waals surface area contributed by atoms with Crippen molar-refractivity contribution in [2.45, 2.75) is 39.0 Å². The van der Waals surface area contributed by atoms with Gasteiger partial charge < -0.3 is 9.84 Å². The Morgan fingerprint density at radius 3 is 2.79 bits per heavy atom. The van der Waals surface area contributed by atoms with Crippen LogP contribution in [0.2, 0.25) is 0 Å². The first-order valence-electron chi connectivity index (χ1n) is 10.1. The van der Waals surface area contributed by atoms with E-state index in [-0.39, 0.29) is 18.1 Å². The SMILES string of the molecule is CC(C)Oc1cccc(CN2C[C@@H](Cc3ccc4ccccc4n3)[C@H](O)C2)c1. The Kier molecular flexibility index (Phi) is 5.60. The summed E-state index contributed by atoms with van der Waals surface area (Å²) in [6.07, 6.45) is 0.657. The molecule has 1 fully saturated rings. The topological polar surface area (TPSA) is 45.6 Å². The number of aromatic nitrogens is 1. The minimum Gasteiger partial charge on any atom is -0.491 e. The highest BCUT2D eigenvalue weighted by atomic mass is 16.5. The molecule has 0 saturated carbocycles. The molecule has 0 bridgehead atoms. The molecule has 1 aromatic heterocycles. The smallest absolute Gasteiger partial charge is 0.120 e. The molecule has 2 heterocycles. The maximum atomic E-state index is 10.6. The monoisotopic (exact) mass is 376 g/mol. The van der Waals surface area contributed by atoms with Crippen molar-refractivity contribution in [2.75, 3.05) is 13.1 Å². The number of likely N-dealkylation sites (tertiary alicyclic amines) is 1. The quantitative estimate of drug-likeness (QED) is 0.705. The second-order valence-electron chi connectivity index (χ2n) is 8.03. The van der Waals surface area contributed by atoms with E-state index in [1.54, 1.807) is 0 Å². The van der Waals surface area contributed by atoms with Crippen molar-refractivity contribution < 1.29 is 9.84 Å². The lowest BCUT2D eigenvalue weighted by atomic mass is 9.99. The Bertz CT molecular complexity index is 941. The van der Waals surface area contributed by atoms with E-state index < -0.39 is 0 Å². The van der Waals surface area contributed by atoms with Crippen molar-refractivity contribution in [3.8, 4) is 5.75 Å². The molecular formula is C24H28N2O2. The molecule has 28 heavy (non-hydrogen) atoms. The second kappa shape index (κ2) is 8.29. The summed E-state index contributed by atoms with van der Waals surface area (Å²) >= 11 is 0. The summed E-state index contributed by atoms with van der Waals surface area (Å²) in [5.41, 5.74) is 3.29. The van der Waals surface area contributed by atoms with Gasteiger partial charge in [-0.25, -0.2) is 0 Å². The third-order valence-corrected chi connectivity index (χ3v) is 5.29. The van der Waals surface area contributed by atoms with Crippen molar-refractivity contribution in [2.24, 2.45) is 5.92 Å². The maximum Gasteiger partial charge on any atom is 0.120 e. The van der Waals surface area contributed by atoms with Crippen LogP contribution in [-0.2, 0) is 13.0 Å². The van der Waals surface area contributed by atoms with E-state index in [1.165, 1.54) is 5.56 Å². The number of pyridine rings is 1.